The molecule has 1 N–H and O–H groups in total. The molecule has 2 aromatic heterocycles. The van der Waals surface area contributed by atoms with Crippen LogP contribution in [0.15, 0.2) is 36.5 Å². The minimum atomic E-state index is -0.209. The van der Waals surface area contributed by atoms with E-state index in [4.69, 9.17) is 4.98 Å². The summed E-state index contributed by atoms with van der Waals surface area (Å²) in [7, 11) is 0. The first-order valence-electron chi connectivity index (χ1n) is 12.2. The number of benzene rings is 1. The summed E-state index contributed by atoms with van der Waals surface area (Å²) in [6, 6.07) is 9.16. The van der Waals surface area contributed by atoms with E-state index in [2.05, 4.69) is 34.8 Å². The van der Waals surface area contributed by atoms with E-state index in [0.717, 1.165) is 80.5 Å². The molecule has 0 spiro atoms. The highest BCUT2D eigenvalue weighted by Gasteiger charge is 2.22. The van der Waals surface area contributed by atoms with Crippen LogP contribution in [0.4, 0.5) is 10.2 Å². The number of nitrogens with zero attached hydrogens (tertiary/aromatic N) is 4. The van der Waals surface area contributed by atoms with Gasteiger partial charge in [0.15, 0.2) is 0 Å². The van der Waals surface area contributed by atoms with Crippen molar-refractivity contribution in [3.63, 3.8) is 0 Å². The molecule has 0 bridgehead atoms. The molecule has 180 valence electrons. The monoisotopic (exact) mass is 463 g/mol. The number of hydrogen-bond donors (Lipinski definition) is 1. The van der Waals surface area contributed by atoms with Crippen LogP contribution in [0.25, 0.3) is 11.4 Å². The minimum absolute atomic E-state index is 0.207. The molecule has 0 saturated carbocycles. The summed E-state index contributed by atoms with van der Waals surface area (Å²) in [6.07, 6.45) is 5.80. The van der Waals surface area contributed by atoms with Gasteiger partial charge in [-0.15, -0.1) is 0 Å². The number of aromatic amines is 1. The zero-order valence-electron chi connectivity index (χ0n) is 20.4. The third-order valence-electron chi connectivity index (χ3n) is 6.46. The van der Waals surface area contributed by atoms with Crippen molar-refractivity contribution in [2.45, 2.75) is 52.9 Å². The Morgan fingerprint density at radius 2 is 1.88 bits per heavy atom. The highest BCUT2D eigenvalue weighted by atomic mass is 19.1. The summed E-state index contributed by atoms with van der Waals surface area (Å²) in [5, 5.41) is 0. The van der Waals surface area contributed by atoms with Gasteiger partial charge >= 0.3 is 0 Å². The third kappa shape index (κ3) is 5.64. The van der Waals surface area contributed by atoms with Crippen molar-refractivity contribution in [2.75, 3.05) is 31.1 Å². The number of aryl methyl sites for hydroxylation is 4. The van der Waals surface area contributed by atoms with E-state index in [-0.39, 0.29) is 11.7 Å². The maximum atomic E-state index is 13.7. The fourth-order valence-corrected chi connectivity index (χ4v) is 4.48. The first-order chi connectivity index (χ1) is 16.4. The van der Waals surface area contributed by atoms with E-state index < -0.39 is 0 Å². The summed E-state index contributed by atoms with van der Waals surface area (Å²) >= 11 is 0. The lowest BCUT2D eigenvalue weighted by molar-refractivity contribution is -0.131. The van der Waals surface area contributed by atoms with Crippen LogP contribution < -0.4 is 4.90 Å². The summed E-state index contributed by atoms with van der Waals surface area (Å²) in [6.45, 7) is 9.05. The van der Waals surface area contributed by atoms with E-state index >= 15 is 0 Å². The number of amides is 1. The maximum Gasteiger partial charge on any atom is 0.222 e. The molecule has 1 amide bonds. The first-order valence-corrected chi connectivity index (χ1v) is 12.2. The number of piperazine rings is 1. The predicted molar refractivity (Wildman–Crippen MR) is 133 cm³/mol. The largest absolute Gasteiger partial charge is 0.353 e. The van der Waals surface area contributed by atoms with Gasteiger partial charge in [0.1, 0.15) is 17.5 Å². The van der Waals surface area contributed by atoms with Gasteiger partial charge in [-0.3, -0.25) is 4.79 Å². The number of nitrogens with one attached hydrogen (secondary N) is 1. The van der Waals surface area contributed by atoms with Crippen LogP contribution >= 0.6 is 0 Å². The number of aromatic nitrogens is 3. The maximum absolute atomic E-state index is 13.7. The molecule has 3 heterocycles. The van der Waals surface area contributed by atoms with Crippen LogP contribution in [0, 0.1) is 19.7 Å². The summed E-state index contributed by atoms with van der Waals surface area (Å²) < 4.78 is 13.7. The number of hydrogen-bond acceptors (Lipinski definition) is 4. The topological polar surface area (TPSA) is 65.1 Å². The number of imidazole rings is 1. The van der Waals surface area contributed by atoms with Gasteiger partial charge in [0, 0.05) is 50.1 Å². The second-order valence-electron chi connectivity index (χ2n) is 9.14. The van der Waals surface area contributed by atoms with Gasteiger partial charge in [-0.05, 0) is 74.6 Å². The lowest BCUT2D eigenvalue weighted by atomic mass is 10.1. The Morgan fingerprint density at radius 1 is 1.09 bits per heavy atom. The molecule has 3 aromatic rings. The van der Waals surface area contributed by atoms with Crippen molar-refractivity contribution in [3.8, 4) is 11.4 Å². The lowest BCUT2D eigenvalue weighted by Gasteiger charge is -2.35. The Kier molecular flexibility index (Phi) is 7.60. The van der Waals surface area contributed by atoms with Crippen molar-refractivity contribution >= 4 is 11.7 Å². The molecule has 0 radical (unpaired) electrons. The molecule has 1 aliphatic heterocycles. The molecular weight excluding hydrogens is 429 g/mol. The van der Waals surface area contributed by atoms with Crippen LogP contribution in [-0.4, -0.2) is 51.9 Å². The second-order valence-corrected chi connectivity index (χ2v) is 9.14. The van der Waals surface area contributed by atoms with Crippen molar-refractivity contribution in [3.05, 3.63) is 64.9 Å². The SMILES string of the molecule is CCCc1[nH]c(-c2ccc(F)c(C)c2)nc1CCCC(=O)N1CCN(c2cc(C)ccn2)CC1. The number of carbonyl (C=O) groups is 1. The van der Waals surface area contributed by atoms with Gasteiger partial charge < -0.3 is 14.8 Å². The Hall–Kier alpha value is -3.22. The Bertz CT molecular complexity index is 1130. The number of carbonyl (C=O) groups excluding carboxylic acids is 1. The van der Waals surface area contributed by atoms with E-state index in [1.807, 2.05) is 23.2 Å². The summed E-state index contributed by atoms with van der Waals surface area (Å²) in [5.74, 6) is 1.76. The number of pyridine rings is 1. The Balaban J connectivity index is 1.31. The Morgan fingerprint density at radius 3 is 2.59 bits per heavy atom. The average Bonchev–Trinajstić information content (AvgIpc) is 3.24. The molecule has 1 aromatic carbocycles. The summed E-state index contributed by atoms with van der Waals surface area (Å²) in [5.41, 5.74) is 4.83. The zero-order valence-corrected chi connectivity index (χ0v) is 20.4. The van der Waals surface area contributed by atoms with Crippen LogP contribution in [0.3, 0.4) is 0 Å². The fraction of sp³-hybridized carbons (Fsp3) is 0.444. The van der Waals surface area contributed by atoms with E-state index in [0.29, 0.717) is 12.0 Å². The molecule has 0 unspecified atom stereocenters. The van der Waals surface area contributed by atoms with Crippen LogP contribution in [0.1, 0.15) is 48.7 Å². The zero-order chi connectivity index (χ0) is 24.1. The quantitative estimate of drug-likeness (QED) is 0.519. The minimum Gasteiger partial charge on any atom is -0.353 e. The molecule has 1 fully saturated rings. The molecule has 1 aliphatic rings. The van der Waals surface area contributed by atoms with Gasteiger partial charge in [0.05, 0.1) is 5.69 Å². The number of H-pyrrole nitrogens is 1. The molecule has 1 saturated heterocycles. The lowest BCUT2D eigenvalue weighted by Crippen LogP contribution is -2.49. The molecule has 0 aliphatic carbocycles. The standard InChI is InChI=1S/C27H34FN5O/c1-4-6-23-24(31-27(30-23)21-9-10-22(28)20(3)18-21)7-5-8-26(34)33-15-13-32(14-16-33)25-17-19(2)11-12-29-25/h9-12,17-18H,4-8,13-16H2,1-3H3,(H,30,31). The van der Waals surface area contributed by atoms with Crippen molar-refractivity contribution in [2.24, 2.45) is 0 Å². The van der Waals surface area contributed by atoms with Crippen molar-refractivity contribution in [1.29, 1.82) is 0 Å². The molecular formula is C27H34FN5O. The predicted octanol–water partition coefficient (Wildman–Crippen LogP) is 4.85. The van der Waals surface area contributed by atoms with Crippen LogP contribution in [0.5, 0.6) is 0 Å². The highest BCUT2D eigenvalue weighted by molar-refractivity contribution is 5.76. The van der Waals surface area contributed by atoms with Gasteiger partial charge in [0.25, 0.3) is 0 Å². The van der Waals surface area contributed by atoms with Crippen LogP contribution in [-0.2, 0) is 17.6 Å². The van der Waals surface area contributed by atoms with Gasteiger partial charge in [-0.1, -0.05) is 13.3 Å². The van der Waals surface area contributed by atoms with E-state index in [9.17, 15) is 9.18 Å². The number of anilines is 1. The Labute approximate surface area is 201 Å². The van der Waals surface area contributed by atoms with E-state index in [1.165, 1.54) is 11.6 Å². The number of rotatable bonds is 8. The smallest absolute Gasteiger partial charge is 0.222 e. The summed E-state index contributed by atoms with van der Waals surface area (Å²) in [4.78, 5) is 29.7. The highest BCUT2D eigenvalue weighted by Crippen LogP contribution is 2.23. The molecule has 6 nitrogen and oxygen atoms in total. The molecule has 7 heteroatoms. The van der Waals surface area contributed by atoms with Crippen molar-refractivity contribution < 1.29 is 9.18 Å². The second kappa shape index (κ2) is 10.8. The molecule has 4 rings (SSSR count). The molecule has 34 heavy (non-hydrogen) atoms. The third-order valence-corrected chi connectivity index (χ3v) is 6.46. The van der Waals surface area contributed by atoms with Gasteiger partial charge in [0.2, 0.25) is 5.91 Å². The molecule has 0 atom stereocenters. The van der Waals surface area contributed by atoms with Gasteiger partial charge in [-0.25, -0.2) is 14.4 Å². The average molecular weight is 464 g/mol. The van der Waals surface area contributed by atoms with Crippen LogP contribution in [0.2, 0.25) is 0 Å². The first kappa shape index (κ1) is 23.9. The van der Waals surface area contributed by atoms with Gasteiger partial charge in [-0.2, -0.15) is 0 Å². The van der Waals surface area contributed by atoms with E-state index in [1.54, 1.807) is 13.0 Å². The van der Waals surface area contributed by atoms with Crippen molar-refractivity contribution in [1.82, 2.24) is 19.9 Å². The normalized spacial score (nSPS) is 14.0. The number of halogens is 1. The fourth-order valence-electron chi connectivity index (χ4n) is 4.48.